The van der Waals surface area contributed by atoms with Gasteiger partial charge in [-0.05, 0) is 67.3 Å². The quantitative estimate of drug-likeness (QED) is 0.208. The predicted molar refractivity (Wildman–Crippen MR) is 155 cm³/mol. The van der Waals surface area contributed by atoms with Gasteiger partial charge < -0.3 is 30.9 Å². The largest absolute Gasteiger partial charge is 0.431 e. The lowest BCUT2D eigenvalue weighted by Crippen LogP contribution is -2.68. The van der Waals surface area contributed by atoms with Crippen LogP contribution in [0, 0.1) is 17.5 Å². The smallest absolute Gasteiger partial charge is 0.430 e. The number of anilines is 1. The molecule has 0 aromatic heterocycles. The number of hydrogen-bond donors (Lipinski definition) is 4. The van der Waals surface area contributed by atoms with Gasteiger partial charge >= 0.3 is 12.3 Å². The highest BCUT2D eigenvalue weighted by atomic mass is 19.4. The van der Waals surface area contributed by atoms with Gasteiger partial charge in [0.25, 0.3) is 0 Å². The molecule has 0 radical (unpaired) electrons. The van der Waals surface area contributed by atoms with E-state index in [2.05, 4.69) is 15.4 Å². The minimum absolute atomic E-state index is 0.0145. The van der Waals surface area contributed by atoms with Crippen LogP contribution in [-0.4, -0.2) is 60.3 Å². The van der Waals surface area contributed by atoms with Crippen LogP contribution in [0.4, 0.5) is 36.8 Å². The first-order valence-corrected chi connectivity index (χ1v) is 14.3. The van der Waals surface area contributed by atoms with Crippen LogP contribution in [0.25, 0.3) is 0 Å². The number of aliphatic hydroxyl groups is 1. The van der Waals surface area contributed by atoms with Crippen molar-refractivity contribution < 1.29 is 50.5 Å². The summed E-state index contributed by atoms with van der Waals surface area (Å²) >= 11 is 0. The topological polar surface area (TPSA) is 123 Å². The molecule has 4 atom stereocenters. The van der Waals surface area contributed by atoms with Crippen molar-refractivity contribution in [2.45, 2.75) is 62.1 Å². The van der Waals surface area contributed by atoms with Crippen LogP contribution in [0.15, 0.2) is 66.7 Å². The fourth-order valence-electron chi connectivity index (χ4n) is 5.51. The zero-order valence-corrected chi connectivity index (χ0v) is 24.6. The molecule has 0 aliphatic carbocycles. The molecule has 5 N–H and O–H groups in total. The van der Waals surface area contributed by atoms with Crippen LogP contribution < -0.4 is 16.4 Å². The van der Waals surface area contributed by atoms with Gasteiger partial charge in [-0.25, -0.2) is 18.0 Å². The number of amides is 2. The molecule has 4 rings (SSSR count). The van der Waals surface area contributed by atoms with E-state index in [9.17, 15) is 36.6 Å². The second-order valence-electron chi connectivity index (χ2n) is 11.1. The van der Waals surface area contributed by atoms with E-state index in [1.54, 1.807) is 0 Å². The van der Waals surface area contributed by atoms with Crippen molar-refractivity contribution in [3.63, 3.8) is 0 Å². The van der Waals surface area contributed by atoms with E-state index in [0.29, 0.717) is 18.1 Å². The van der Waals surface area contributed by atoms with Gasteiger partial charge in [0, 0.05) is 30.1 Å². The summed E-state index contributed by atoms with van der Waals surface area (Å²) in [7, 11) is 0. The maximum atomic E-state index is 15.1. The van der Waals surface area contributed by atoms with E-state index >= 15 is 4.39 Å². The molecule has 0 saturated carbocycles. The van der Waals surface area contributed by atoms with Crippen LogP contribution in [0.2, 0.25) is 0 Å². The van der Waals surface area contributed by atoms with Gasteiger partial charge in [0.1, 0.15) is 23.6 Å². The Kier molecular flexibility index (Phi) is 11.0. The summed E-state index contributed by atoms with van der Waals surface area (Å²) in [5.74, 6) is -2.76. The summed E-state index contributed by atoms with van der Waals surface area (Å²) in [5.41, 5.74) is 3.06. The lowest BCUT2D eigenvalue weighted by Gasteiger charge is -2.45. The normalized spacial score (nSPS) is 19.8. The zero-order valence-electron chi connectivity index (χ0n) is 24.6. The number of nitrogens with one attached hydrogen (secondary N) is 2. The number of primary amides is 1. The van der Waals surface area contributed by atoms with Crippen LogP contribution in [0.5, 0.6) is 0 Å². The number of halogens is 6. The molecule has 248 valence electrons. The van der Waals surface area contributed by atoms with Crippen molar-refractivity contribution in [3.8, 4) is 0 Å². The molecule has 8 nitrogen and oxygen atoms in total. The van der Waals surface area contributed by atoms with Gasteiger partial charge in [-0.2, -0.15) is 13.2 Å². The maximum absolute atomic E-state index is 15.1. The summed E-state index contributed by atoms with van der Waals surface area (Å²) in [5, 5.41) is 15.1. The fourth-order valence-corrected chi connectivity index (χ4v) is 5.51. The summed E-state index contributed by atoms with van der Waals surface area (Å²) in [6.07, 6.45) is -9.91. The first-order valence-electron chi connectivity index (χ1n) is 14.3. The monoisotopic (exact) mass is 653 g/mol. The molecule has 14 heteroatoms. The van der Waals surface area contributed by atoms with Gasteiger partial charge in [-0.3, -0.25) is 4.79 Å². The Bertz CT molecular complexity index is 1460. The minimum Gasteiger partial charge on any atom is -0.431 e. The van der Waals surface area contributed by atoms with E-state index < -0.39 is 72.0 Å². The molecule has 3 aromatic rings. The van der Waals surface area contributed by atoms with E-state index in [1.165, 1.54) is 60.7 Å². The van der Waals surface area contributed by atoms with Gasteiger partial charge in [0.05, 0.1) is 18.8 Å². The van der Waals surface area contributed by atoms with Crippen molar-refractivity contribution in [3.05, 3.63) is 101 Å². The second kappa shape index (κ2) is 14.5. The van der Waals surface area contributed by atoms with Gasteiger partial charge in [0.2, 0.25) is 11.5 Å². The van der Waals surface area contributed by atoms with E-state index in [0.717, 1.165) is 6.07 Å². The third-order valence-electron chi connectivity index (χ3n) is 7.97. The number of rotatable bonds is 11. The molecule has 1 fully saturated rings. The molecular formula is C32H33F6N3O5. The Morgan fingerprint density at radius 1 is 1.02 bits per heavy atom. The Morgan fingerprint density at radius 2 is 1.61 bits per heavy atom. The molecule has 1 aliphatic rings. The van der Waals surface area contributed by atoms with Crippen LogP contribution >= 0.6 is 0 Å². The van der Waals surface area contributed by atoms with Crippen LogP contribution in [-0.2, 0) is 20.7 Å². The SMILES string of the molecule is CC(OC(N)=O)([C@H]1O[C@H](CCc2c(F)cccc2NC(=O)CC(c2ccc(F)cc2)c2ccc(F)cc2)CN[C@@H]1CO)C(F)(F)F. The maximum Gasteiger partial charge on any atom is 0.430 e. The van der Waals surface area contributed by atoms with Crippen LogP contribution in [0.1, 0.15) is 42.4 Å². The first kappa shape index (κ1) is 34.7. The number of benzene rings is 3. The number of carbonyl (C=O) groups is 2. The fraction of sp³-hybridized carbons (Fsp3) is 0.375. The molecule has 1 aliphatic heterocycles. The number of nitrogens with two attached hydrogens (primary N) is 1. The number of carbonyl (C=O) groups excluding carboxylic acids is 2. The number of hydrogen-bond acceptors (Lipinski definition) is 6. The van der Waals surface area contributed by atoms with Crippen molar-refractivity contribution in [1.29, 1.82) is 0 Å². The third kappa shape index (κ3) is 8.17. The average Bonchev–Trinajstić information content (AvgIpc) is 2.99. The first-order chi connectivity index (χ1) is 21.7. The van der Waals surface area contributed by atoms with Gasteiger partial charge in [0.15, 0.2) is 0 Å². The van der Waals surface area contributed by atoms with Crippen LogP contribution in [0.3, 0.4) is 0 Å². The molecule has 1 unspecified atom stereocenters. The van der Waals surface area contributed by atoms with Gasteiger partial charge in [-0.15, -0.1) is 0 Å². The number of aliphatic hydroxyl groups excluding tert-OH is 1. The van der Waals surface area contributed by atoms with Gasteiger partial charge in [-0.1, -0.05) is 30.3 Å². The Balaban J connectivity index is 1.51. The second-order valence-corrected chi connectivity index (χ2v) is 11.1. The average molecular weight is 654 g/mol. The highest BCUT2D eigenvalue weighted by Gasteiger charge is 2.63. The van der Waals surface area contributed by atoms with Crippen molar-refractivity contribution in [2.75, 3.05) is 18.5 Å². The number of ether oxygens (including phenoxy) is 2. The number of alkyl halides is 3. The van der Waals surface area contributed by atoms with Crippen molar-refractivity contribution in [1.82, 2.24) is 5.32 Å². The standard InChI is InChI=1S/C32H33F6N3O5/c1-31(32(36,37)38,46-30(39)44)29-27(17-42)40-16-22(45-29)13-14-23-25(35)3-2-4-26(23)41-28(43)15-24(18-5-9-20(33)10-6-18)19-7-11-21(34)12-8-19/h2-12,22,24,27,29,40,42H,13-17H2,1H3,(H2,39,44)(H,41,43)/t22-,27-,29+,31?/m1/s1. The summed E-state index contributed by atoms with van der Waals surface area (Å²) in [6, 6.07) is 13.7. The highest BCUT2D eigenvalue weighted by Crippen LogP contribution is 2.40. The van der Waals surface area contributed by atoms with E-state index in [1.807, 2.05) is 0 Å². The molecule has 2 amide bonds. The molecule has 0 bridgehead atoms. The minimum atomic E-state index is -5.12. The van der Waals surface area contributed by atoms with Crippen molar-refractivity contribution >= 4 is 17.7 Å². The van der Waals surface area contributed by atoms with E-state index in [-0.39, 0.29) is 37.1 Å². The molecule has 1 heterocycles. The summed E-state index contributed by atoms with van der Waals surface area (Å²) < 4.78 is 94.6. The Labute approximate surface area is 260 Å². The van der Waals surface area contributed by atoms with E-state index in [4.69, 9.17) is 10.5 Å². The third-order valence-corrected chi connectivity index (χ3v) is 7.97. The molecule has 1 saturated heterocycles. The molecular weight excluding hydrogens is 620 g/mol. The predicted octanol–water partition coefficient (Wildman–Crippen LogP) is 5.33. The highest BCUT2D eigenvalue weighted by molar-refractivity contribution is 5.92. The summed E-state index contributed by atoms with van der Waals surface area (Å²) in [4.78, 5) is 24.6. The lowest BCUT2D eigenvalue weighted by molar-refractivity contribution is -0.301. The molecule has 0 spiro atoms. The van der Waals surface area contributed by atoms with Crippen molar-refractivity contribution in [2.24, 2.45) is 5.73 Å². The molecule has 3 aromatic carbocycles. The number of morpholine rings is 1. The lowest BCUT2D eigenvalue weighted by atomic mass is 9.88. The summed E-state index contributed by atoms with van der Waals surface area (Å²) in [6.45, 7) is -0.199. The Morgan fingerprint density at radius 3 is 2.13 bits per heavy atom. The zero-order chi connectivity index (χ0) is 33.6. The molecule has 46 heavy (non-hydrogen) atoms. The Hall–Kier alpha value is -4.14.